The molecule has 1 aromatic heterocycles. The zero-order valence-electron chi connectivity index (χ0n) is 32.3. The Morgan fingerprint density at radius 2 is 1.55 bits per heavy atom. The highest BCUT2D eigenvalue weighted by Gasteiger charge is 2.43. The van der Waals surface area contributed by atoms with Gasteiger partial charge < -0.3 is 41.5 Å². The lowest BCUT2D eigenvalue weighted by Crippen LogP contribution is -2.52. The van der Waals surface area contributed by atoms with Gasteiger partial charge in [-0.25, -0.2) is 20.0 Å². The van der Waals surface area contributed by atoms with Gasteiger partial charge in [-0.15, -0.1) is 0 Å². The number of amides is 1. The predicted octanol–water partition coefficient (Wildman–Crippen LogP) is 6.69. The summed E-state index contributed by atoms with van der Waals surface area (Å²) in [5.74, 6) is 1.83. The van der Waals surface area contributed by atoms with E-state index in [0.29, 0.717) is 91.8 Å². The highest BCUT2D eigenvalue weighted by atomic mass is 35.5. The summed E-state index contributed by atoms with van der Waals surface area (Å²) in [6.07, 6.45) is 6.65. The molecule has 1 amide bonds. The normalized spacial score (nSPS) is 19.0. The molecule has 1 aliphatic carbocycles. The number of aliphatic imine (C=N–C) groups is 2. The number of amidine groups is 1. The zero-order valence-corrected chi connectivity index (χ0v) is 33.8. The van der Waals surface area contributed by atoms with Gasteiger partial charge in [0.05, 0.1) is 60.8 Å². The van der Waals surface area contributed by atoms with Crippen LogP contribution in [0.5, 0.6) is 17.2 Å². The number of carbonyl (C=O) groups excluding carboxylic acids is 1. The van der Waals surface area contributed by atoms with Crippen molar-refractivity contribution in [3.63, 3.8) is 0 Å². The van der Waals surface area contributed by atoms with E-state index in [1.165, 1.54) is 0 Å². The minimum Gasteiger partial charge on any atom is -0.499 e. The number of halogens is 2. The SMILES string of the molecule is CCCc1c(OC)c(C2=NC(N)(Cc3ccc(OC)c(Cl)c3)C3=CC(N)(CCC)C(OC)=CC3=N2)cc2c(NCc3ccc(OC)c(Cl)c3)nc(C(N)=O)nc12. The number of nitrogens with two attached hydrogens (primary N) is 3. The fraction of sp³-hybridized carbons (Fsp3) is 0.341. The van der Waals surface area contributed by atoms with Crippen molar-refractivity contribution in [2.24, 2.45) is 27.2 Å². The summed E-state index contributed by atoms with van der Waals surface area (Å²) in [6.45, 7) is 4.40. The van der Waals surface area contributed by atoms with Crippen LogP contribution in [0, 0.1) is 0 Å². The van der Waals surface area contributed by atoms with Crippen molar-refractivity contribution in [2.75, 3.05) is 33.8 Å². The molecule has 0 radical (unpaired) electrons. The number of primary amides is 1. The van der Waals surface area contributed by atoms with Gasteiger partial charge in [-0.3, -0.25) is 4.79 Å². The smallest absolute Gasteiger partial charge is 0.286 e. The van der Waals surface area contributed by atoms with Crippen molar-refractivity contribution >= 4 is 57.4 Å². The van der Waals surface area contributed by atoms with E-state index in [9.17, 15) is 4.79 Å². The van der Waals surface area contributed by atoms with Crippen LogP contribution < -0.4 is 36.7 Å². The lowest BCUT2D eigenvalue weighted by molar-refractivity contribution is 0.0991. The van der Waals surface area contributed by atoms with Gasteiger partial charge in [-0.1, -0.05) is 62.0 Å². The monoisotopic (exact) mass is 800 g/mol. The molecule has 2 heterocycles. The first-order valence-electron chi connectivity index (χ1n) is 18.2. The molecule has 0 fully saturated rings. The Balaban J connectivity index is 1.59. The maximum Gasteiger partial charge on any atom is 0.286 e. The summed E-state index contributed by atoms with van der Waals surface area (Å²) in [5, 5.41) is 4.85. The van der Waals surface area contributed by atoms with E-state index < -0.39 is 17.1 Å². The van der Waals surface area contributed by atoms with Crippen molar-refractivity contribution in [3.8, 4) is 17.2 Å². The number of aromatic nitrogens is 2. The fourth-order valence-electron chi connectivity index (χ4n) is 7.26. The topological polar surface area (TPSA) is 195 Å². The number of methoxy groups -OCH3 is 4. The van der Waals surface area contributed by atoms with E-state index in [0.717, 1.165) is 29.5 Å². The van der Waals surface area contributed by atoms with Gasteiger partial charge in [0.2, 0.25) is 5.82 Å². The number of hydrogen-bond acceptors (Lipinski definition) is 12. The third-order valence-corrected chi connectivity index (χ3v) is 10.4. The van der Waals surface area contributed by atoms with E-state index in [4.69, 9.17) is 69.3 Å². The van der Waals surface area contributed by atoms with Crippen LogP contribution in [0.1, 0.15) is 66.0 Å². The molecule has 3 aromatic carbocycles. The van der Waals surface area contributed by atoms with Crippen molar-refractivity contribution in [1.82, 2.24) is 9.97 Å². The van der Waals surface area contributed by atoms with Crippen molar-refractivity contribution < 1.29 is 23.7 Å². The number of anilines is 1. The van der Waals surface area contributed by atoms with Crippen molar-refractivity contribution in [3.05, 3.63) is 104 Å². The van der Waals surface area contributed by atoms with Crippen LogP contribution in [-0.2, 0) is 24.1 Å². The Morgan fingerprint density at radius 3 is 2.14 bits per heavy atom. The Hall–Kier alpha value is -5.21. The molecule has 2 aliphatic rings. The average Bonchev–Trinajstić information content (AvgIpc) is 3.17. The van der Waals surface area contributed by atoms with Gasteiger partial charge in [-0.05, 0) is 60.4 Å². The van der Waals surface area contributed by atoms with Gasteiger partial charge in [0.1, 0.15) is 34.5 Å². The standard InChI is InChI=1S/C41H46Cl2N8O5/c1-7-9-24-34-25(37(50-39(49-34)36(44)52)47-21-23-11-13-32(54-4)29(43)16-23)17-26(35(24)56-6)38-48-30-18-33(55-5)40(45,14-8-2)20-27(30)41(46,51-38)19-22-10-12-31(53-3)28(42)15-22/h10-13,15-18,20H,7-9,14,19,21,45-46H2,1-6H3,(H2,44,52)(H,47,49,50). The number of hydrogen-bond donors (Lipinski definition) is 4. The van der Waals surface area contributed by atoms with Crippen LogP contribution in [0.15, 0.2) is 75.9 Å². The second-order valence-electron chi connectivity index (χ2n) is 13.7. The molecule has 56 heavy (non-hydrogen) atoms. The minimum absolute atomic E-state index is 0.152. The molecule has 0 saturated carbocycles. The van der Waals surface area contributed by atoms with Gasteiger partial charge >= 0.3 is 0 Å². The van der Waals surface area contributed by atoms with Crippen LogP contribution in [0.25, 0.3) is 10.9 Å². The highest BCUT2D eigenvalue weighted by molar-refractivity contribution is 6.32. The molecule has 0 saturated heterocycles. The summed E-state index contributed by atoms with van der Waals surface area (Å²) in [6, 6.07) is 12.8. The Kier molecular flexibility index (Phi) is 11.9. The van der Waals surface area contributed by atoms with Crippen LogP contribution in [0.4, 0.5) is 5.82 Å². The van der Waals surface area contributed by atoms with Crippen LogP contribution >= 0.6 is 23.2 Å². The van der Waals surface area contributed by atoms with E-state index in [1.54, 1.807) is 46.6 Å². The third kappa shape index (κ3) is 7.77. The average molecular weight is 802 g/mol. The number of allylic oxidation sites excluding steroid dienone is 1. The minimum atomic E-state index is -1.37. The lowest BCUT2D eigenvalue weighted by Gasteiger charge is -2.39. The highest BCUT2D eigenvalue weighted by Crippen LogP contribution is 2.41. The Morgan fingerprint density at radius 1 is 0.875 bits per heavy atom. The molecule has 7 N–H and O–H groups in total. The first-order chi connectivity index (χ1) is 26.8. The summed E-state index contributed by atoms with van der Waals surface area (Å²) >= 11 is 13.0. The van der Waals surface area contributed by atoms with Crippen molar-refractivity contribution in [2.45, 2.75) is 63.7 Å². The van der Waals surface area contributed by atoms with Crippen LogP contribution in [0.2, 0.25) is 10.0 Å². The largest absolute Gasteiger partial charge is 0.499 e. The number of ether oxygens (including phenoxy) is 4. The third-order valence-electron chi connectivity index (χ3n) is 9.86. The summed E-state index contributed by atoms with van der Waals surface area (Å²) in [5.41, 5.74) is 22.5. The van der Waals surface area contributed by atoms with E-state index in [1.807, 2.05) is 43.3 Å². The molecule has 6 rings (SSSR count). The molecule has 2 unspecified atom stereocenters. The second kappa shape index (κ2) is 16.5. The number of fused-ring (bicyclic) bond motifs is 2. The van der Waals surface area contributed by atoms with Gasteiger partial charge in [0.15, 0.2) is 5.84 Å². The first kappa shape index (κ1) is 40.5. The molecular formula is C41H46Cl2N8O5. The molecule has 0 spiro atoms. The number of rotatable bonds is 15. The molecule has 15 heteroatoms. The fourth-order valence-corrected chi connectivity index (χ4v) is 7.82. The van der Waals surface area contributed by atoms with Gasteiger partial charge in [0, 0.05) is 35.6 Å². The van der Waals surface area contributed by atoms with E-state index in [2.05, 4.69) is 22.2 Å². The predicted molar refractivity (Wildman–Crippen MR) is 222 cm³/mol. The number of benzene rings is 3. The summed E-state index contributed by atoms with van der Waals surface area (Å²) in [4.78, 5) is 32.1. The number of nitrogens with one attached hydrogen (secondary N) is 1. The Bertz CT molecular complexity index is 2330. The Labute approximate surface area is 336 Å². The number of nitrogens with zero attached hydrogens (tertiary/aromatic N) is 4. The van der Waals surface area contributed by atoms with Crippen LogP contribution in [0.3, 0.4) is 0 Å². The molecule has 0 bridgehead atoms. The maximum atomic E-state index is 12.6. The zero-order chi connectivity index (χ0) is 40.4. The molecule has 4 aromatic rings. The van der Waals surface area contributed by atoms with Crippen molar-refractivity contribution in [1.29, 1.82) is 0 Å². The molecule has 2 atom stereocenters. The number of aryl methyl sites for hydroxylation is 1. The summed E-state index contributed by atoms with van der Waals surface area (Å²) < 4.78 is 22.7. The number of carbonyl (C=O) groups is 1. The summed E-state index contributed by atoms with van der Waals surface area (Å²) in [7, 11) is 6.28. The first-order valence-corrected chi connectivity index (χ1v) is 18.9. The van der Waals surface area contributed by atoms with E-state index in [-0.39, 0.29) is 12.2 Å². The second-order valence-corrected chi connectivity index (χ2v) is 14.5. The lowest BCUT2D eigenvalue weighted by atomic mass is 9.77. The van der Waals surface area contributed by atoms with Gasteiger partial charge in [0.25, 0.3) is 5.91 Å². The van der Waals surface area contributed by atoms with Crippen LogP contribution in [-0.4, -0.2) is 67.1 Å². The molecule has 13 nitrogen and oxygen atoms in total. The molecular weight excluding hydrogens is 755 g/mol. The maximum absolute atomic E-state index is 12.6. The quantitative estimate of drug-likeness (QED) is 0.101. The molecule has 1 aliphatic heterocycles. The molecule has 294 valence electrons. The van der Waals surface area contributed by atoms with Gasteiger partial charge in [-0.2, -0.15) is 0 Å². The van der Waals surface area contributed by atoms with E-state index >= 15 is 0 Å².